The second-order valence-corrected chi connectivity index (χ2v) is 5.53. The average Bonchev–Trinajstić information content (AvgIpc) is 3.05. The van der Waals surface area contributed by atoms with Crippen LogP contribution in [0.1, 0.15) is 30.3 Å². The number of piperidine rings is 1. The molecule has 0 spiro atoms. The second-order valence-electron chi connectivity index (χ2n) is 5.53. The topological polar surface area (TPSA) is 69.3 Å². The maximum Gasteiger partial charge on any atom is 0.406 e. The summed E-state index contributed by atoms with van der Waals surface area (Å²) in [6.45, 7) is 0.856. The van der Waals surface area contributed by atoms with Crippen molar-refractivity contribution in [1.82, 2.24) is 20.0 Å². The molecule has 1 aliphatic rings. The summed E-state index contributed by atoms with van der Waals surface area (Å²) < 4.78 is 37.6. The Kier molecular flexibility index (Phi) is 5.27. The zero-order valence-corrected chi connectivity index (χ0v) is 12.8. The number of amides is 2. The average molecular weight is 332 g/mol. The summed E-state index contributed by atoms with van der Waals surface area (Å²) in [5.41, 5.74) is 0.306. The maximum atomic E-state index is 12.5. The SMILES string of the molecule is CCN(CC(F)(F)F)C(=O)[C@@H]1CCCN(C(=O)c2ccn[nH]2)C1. The van der Waals surface area contributed by atoms with Gasteiger partial charge in [0.2, 0.25) is 5.91 Å². The minimum absolute atomic E-state index is 0.0106. The number of halogens is 3. The third-order valence-electron chi connectivity index (χ3n) is 3.85. The predicted molar refractivity (Wildman–Crippen MR) is 75.5 cm³/mol. The summed E-state index contributed by atoms with van der Waals surface area (Å²) >= 11 is 0. The van der Waals surface area contributed by atoms with Crippen LogP contribution in [-0.2, 0) is 4.79 Å². The summed E-state index contributed by atoms with van der Waals surface area (Å²) in [6, 6.07) is 1.52. The monoisotopic (exact) mass is 332 g/mol. The quantitative estimate of drug-likeness (QED) is 0.912. The zero-order chi connectivity index (χ0) is 17.0. The van der Waals surface area contributed by atoms with Crippen molar-refractivity contribution >= 4 is 11.8 Å². The van der Waals surface area contributed by atoms with Gasteiger partial charge in [0, 0.05) is 25.8 Å². The van der Waals surface area contributed by atoms with Gasteiger partial charge in [0.15, 0.2) is 0 Å². The lowest BCUT2D eigenvalue weighted by Crippen LogP contribution is -2.48. The van der Waals surface area contributed by atoms with Crippen molar-refractivity contribution in [2.24, 2.45) is 5.92 Å². The molecule has 1 saturated heterocycles. The Balaban J connectivity index is 2.02. The molecule has 1 fully saturated rings. The number of aromatic nitrogens is 2. The van der Waals surface area contributed by atoms with Gasteiger partial charge in [-0.2, -0.15) is 18.3 Å². The van der Waals surface area contributed by atoms with Crippen molar-refractivity contribution in [3.8, 4) is 0 Å². The molecule has 0 bridgehead atoms. The Morgan fingerprint density at radius 3 is 2.78 bits per heavy atom. The lowest BCUT2D eigenvalue weighted by atomic mass is 9.96. The summed E-state index contributed by atoms with van der Waals surface area (Å²) in [7, 11) is 0. The van der Waals surface area contributed by atoms with E-state index >= 15 is 0 Å². The van der Waals surface area contributed by atoms with Crippen molar-refractivity contribution in [2.75, 3.05) is 26.2 Å². The van der Waals surface area contributed by atoms with Crippen LogP contribution in [0.4, 0.5) is 13.2 Å². The number of H-pyrrole nitrogens is 1. The molecule has 0 aromatic carbocycles. The van der Waals surface area contributed by atoms with Crippen LogP contribution in [0.5, 0.6) is 0 Å². The van der Waals surface area contributed by atoms with E-state index < -0.39 is 24.5 Å². The Hall–Kier alpha value is -2.06. The molecule has 2 amide bonds. The van der Waals surface area contributed by atoms with Gasteiger partial charge in [-0.3, -0.25) is 14.7 Å². The van der Waals surface area contributed by atoms with Crippen LogP contribution in [-0.4, -0.2) is 64.2 Å². The van der Waals surface area contributed by atoms with E-state index in [1.807, 2.05) is 0 Å². The summed E-state index contributed by atoms with van der Waals surface area (Å²) in [4.78, 5) is 26.9. The molecule has 23 heavy (non-hydrogen) atoms. The van der Waals surface area contributed by atoms with Gasteiger partial charge >= 0.3 is 6.18 Å². The molecule has 1 aromatic heterocycles. The van der Waals surface area contributed by atoms with Crippen LogP contribution in [0.15, 0.2) is 12.3 Å². The number of carbonyl (C=O) groups excluding carboxylic acids is 2. The highest BCUT2D eigenvalue weighted by atomic mass is 19.4. The van der Waals surface area contributed by atoms with Gasteiger partial charge in [-0.1, -0.05) is 0 Å². The fourth-order valence-electron chi connectivity index (χ4n) is 2.73. The smallest absolute Gasteiger partial charge is 0.337 e. The summed E-state index contributed by atoms with van der Waals surface area (Å²) in [5.74, 6) is -1.44. The van der Waals surface area contributed by atoms with Crippen LogP contribution in [0.25, 0.3) is 0 Å². The minimum atomic E-state index is -4.42. The van der Waals surface area contributed by atoms with E-state index in [4.69, 9.17) is 0 Å². The van der Waals surface area contributed by atoms with Gasteiger partial charge in [0.1, 0.15) is 12.2 Å². The first-order valence-electron chi connectivity index (χ1n) is 7.46. The van der Waals surface area contributed by atoms with Crippen molar-refractivity contribution < 1.29 is 22.8 Å². The normalized spacial score (nSPS) is 18.8. The fourth-order valence-corrected chi connectivity index (χ4v) is 2.73. The van der Waals surface area contributed by atoms with Crippen LogP contribution in [0.2, 0.25) is 0 Å². The van der Waals surface area contributed by atoms with Crippen molar-refractivity contribution in [3.05, 3.63) is 18.0 Å². The largest absolute Gasteiger partial charge is 0.406 e. The van der Waals surface area contributed by atoms with Crippen molar-refractivity contribution in [1.29, 1.82) is 0 Å². The molecule has 0 saturated carbocycles. The lowest BCUT2D eigenvalue weighted by Gasteiger charge is -2.34. The van der Waals surface area contributed by atoms with Gasteiger partial charge in [-0.15, -0.1) is 0 Å². The second kappa shape index (κ2) is 7.01. The van der Waals surface area contributed by atoms with Crippen LogP contribution < -0.4 is 0 Å². The molecule has 1 N–H and O–H groups in total. The van der Waals surface area contributed by atoms with Crippen LogP contribution >= 0.6 is 0 Å². The number of hydrogen-bond donors (Lipinski definition) is 1. The number of hydrogen-bond acceptors (Lipinski definition) is 3. The number of nitrogens with one attached hydrogen (secondary N) is 1. The van der Waals surface area contributed by atoms with Crippen LogP contribution in [0, 0.1) is 5.92 Å². The number of nitrogens with zero attached hydrogens (tertiary/aromatic N) is 3. The molecular weight excluding hydrogens is 313 g/mol. The van der Waals surface area contributed by atoms with Gasteiger partial charge in [0.05, 0.1) is 5.92 Å². The standard InChI is InChI=1S/C14H19F3N4O2/c1-2-20(9-14(15,16)17)12(22)10-4-3-7-21(8-10)13(23)11-5-6-18-19-11/h5-6,10H,2-4,7-9H2,1H3,(H,18,19)/t10-/m1/s1. The molecule has 0 radical (unpaired) electrons. The third-order valence-corrected chi connectivity index (χ3v) is 3.85. The lowest BCUT2D eigenvalue weighted by molar-refractivity contribution is -0.164. The first-order valence-corrected chi connectivity index (χ1v) is 7.46. The molecule has 128 valence electrons. The molecule has 6 nitrogen and oxygen atoms in total. The Bertz CT molecular complexity index is 545. The van der Waals surface area contributed by atoms with E-state index in [9.17, 15) is 22.8 Å². The van der Waals surface area contributed by atoms with E-state index in [1.54, 1.807) is 0 Å². The van der Waals surface area contributed by atoms with Crippen LogP contribution in [0.3, 0.4) is 0 Å². The molecule has 9 heteroatoms. The Morgan fingerprint density at radius 1 is 1.48 bits per heavy atom. The number of rotatable bonds is 4. The molecule has 0 aliphatic carbocycles. The Labute approximate surface area is 131 Å². The minimum Gasteiger partial charge on any atom is -0.337 e. The van der Waals surface area contributed by atoms with Crippen molar-refractivity contribution in [3.63, 3.8) is 0 Å². The molecule has 1 atom stereocenters. The highest BCUT2D eigenvalue weighted by Crippen LogP contribution is 2.23. The highest BCUT2D eigenvalue weighted by molar-refractivity contribution is 5.92. The molecule has 2 heterocycles. The predicted octanol–water partition coefficient (Wildman–Crippen LogP) is 1.67. The molecule has 1 aliphatic heterocycles. The van der Waals surface area contributed by atoms with E-state index in [-0.39, 0.29) is 19.0 Å². The molecule has 2 rings (SSSR count). The van der Waals surface area contributed by atoms with E-state index in [1.165, 1.54) is 24.1 Å². The number of carbonyl (C=O) groups is 2. The van der Waals surface area contributed by atoms with Gasteiger partial charge in [-0.05, 0) is 25.8 Å². The van der Waals surface area contributed by atoms with E-state index in [0.29, 0.717) is 25.1 Å². The summed E-state index contributed by atoms with van der Waals surface area (Å²) in [5, 5.41) is 6.26. The van der Waals surface area contributed by atoms with Crippen molar-refractivity contribution in [2.45, 2.75) is 25.9 Å². The van der Waals surface area contributed by atoms with Gasteiger partial charge in [-0.25, -0.2) is 0 Å². The van der Waals surface area contributed by atoms with E-state index in [0.717, 1.165) is 4.90 Å². The van der Waals surface area contributed by atoms with Gasteiger partial charge in [0.25, 0.3) is 5.91 Å². The molecule has 1 aromatic rings. The van der Waals surface area contributed by atoms with Gasteiger partial charge < -0.3 is 9.80 Å². The van der Waals surface area contributed by atoms with E-state index in [2.05, 4.69) is 10.2 Å². The zero-order valence-electron chi connectivity index (χ0n) is 12.8. The third kappa shape index (κ3) is 4.46. The maximum absolute atomic E-state index is 12.5. The Morgan fingerprint density at radius 2 is 2.22 bits per heavy atom. The highest BCUT2D eigenvalue weighted by Gasteiger charge is 2.36. The first kappa shape index (κ1) is 17.3. The number of likely N-dealkylation sites (tertiary alicyclic amines) is 1. The fraction of sp³-hybridized carbons (Fsp3) is 0.643. The number of alkyl halides is 3. The molecule has 0 unspecified atom stereocenters. The number of aromatic amines is 1. The summed E-state index contributed by atoms with van der Waals surface area (Å²) in [6.07, 6.45) is -1.91. The molecular formula is C14H19F3N4O2. The first-order chi connectivity index (χ1) is 10.8.